The van der Waals surface area contributed by atoms with Crippen molar-refractivity contribution in [3.05, 3.63) is 22.4 Å². The molecular formula is C14H23NOS. The molecule has 0 amide bonds. The molecule has 0 aliphatic carbocycles. The van der Waals surface area contributed by atoms with Gasteiger partial charge >= 0.3 is 0 Å². The van der Waals surface area contributed by atoms with Gasteiger partial charge in [-0.2, -0.15) is 0 Å². The number of rotatable bonds is 6. The minimum absolute atomic E-state index is 0.637. The van der Waals surface area contributed by atoms with Crippen molar-refractivity contribution in [3.63, 3.8) is 0 Å². The second-order valence-corrected chi connectivity index (χ2v) is 5.83. The highest BCUT2D eigenvalue weighted by Crippen LogP contribution is 2.23. The fourth-order valence-corrected chi connectivity index (χ4v) is 3.26. The molecule has 0 saturated carbocycles. The van der Waals surface area contributed by atoms with E-state index in [1.165, 1.54) is 30.6 Å². The molecule has 1 N–H and O–H groups in total. The molecule has 2 nitrogen and oxygen atoms in total. The SMILES string of the molecule is CCCNC(Cc1cccs1)C1CCOCC1. The molecule has 0 aromatic carbocycles. The van der Waals surface area contributed by atoms with Crippen LogP contribution in [-0.2, 0) is 11.2 Å². The van der Waals surface area contributed by atoms with Crippen LogP contribution in [0.4, 0.5) is 0 Å². The predicted molar refractivity (Wildman–Crippen MR) is 73.6 cm³/mol. The standard InChI is InChI=1S/C14H23NOS/c1-2-7-15-14(11-13-4-3-10-17-13)12-5-8-16-9-6-12/h3-4,10,12,14-15H,2,5-9,11H2,1H3. The number of hydrogen-bond donors (Lipinski definition) is 1. The van der Waals surface area contributed by atoms with Crippen LogP contribution in [0.25, 0.3) is 0 Å². The van der Waals surface area contributed by atoms with Crippen LogP contribution in [-0.4, -0.2) is 25.8 Å². The molecule has 2 heterocycles. The van der Waals surface area contributed by atoms with E-state index in [1.807, 2.05) is 11.3 Å². The molecule has 17 heavy (non-hydrogen) atoms. The second-order valence-electron chi connectivity index (χ2n) is 4.79. The molecule has 1 aromatic rings. The maximum absolute atomic E-state index is 5.46. The number of thiophene rings is 1. The van der Waals surface area contributed by atoms with Crippen LogP contribution in [0.2, 0.25) is 0 Å². The minimum Gasteiger partial charge on any atom is -0.381 e. The summed E-state index contributed by atoms with van der Waals surface area (Å²) in [7, 11) is 0. The van der Waals surface area contributed by atoms with Crippen LogP contribution in [0.3, 0.4) is 0 Å². The highest BCUT2D eigenvalue weighted by atomic mass is 32.1. The van der Waals surface area contributed by atoms with Gasteiger partial charge in [-0.05, 0) is 49.6 Å². The van der Waals surface area contributed by atoms with E-state index in [9.17, 15) is 0 Å². The largest absolute Gasteiger partial charge is 0.381 e. The summed E-state index contributed by atoms with van der Waals surface area (Å²) in [6, 6.07) is 5.04. The van der Waals surface area contributed by atoms with Gasteiger partial charge < -0.3 is 10.1 Å². The van der Waals surface area contributed by atoms with Crippen molar-refractivity contribution in [3.8, 4) is 0 Å². The maximum Gasteiger partial charge on any atom is 0.0469 e. The van der Waals surface area contributed by atoms with E-state index >= 15 is 0 Å². The molecule has 1 fully saturated rings. The Hall–Kier alpha value is -0.380. The average Bonchev–Trinajstić information content (AvgIpc) is 2.88. The van der Waals surface area contributed by atoms with Crippen LogP contribution >= 0.6 is 11.3 Å². The zero-order valence-electron chi connectivity index (χ0n) is 10.7. The third-order valence-electron chi connectivity index (χ3n) is 3.49. The second kappa shape index (κ2) is 7.14. The normalized spacial score (nSPS) is 19.4. The van der Waals surface area contributed by atoms with Crippen LogP contribution in [0, 0.1) is 5.92 Å². The maximum atomic E-state index is 5.46. The first-order valence-corrected chi connectivity index (χ1v) is 7.61. The smallest absolute Gasteiger partial charge is 0.0469 e. The molecule has 2 rings (SSSR count). The van der Waals surface area contributed by atoms with Gasteiger partial charge in [-0.25, -0.2) is 0 Å². The molecule has 0 spiro atoms. The summed E-state index contributed by atoms with van der Waals surface area (Å²) in [4.78, 5) is 1.50. The summed E-state index contributed by atoms with van der Waals surface area (Å²) in [5.74, 6) is 0.789. The Kier molecular flexibility index (Phi) is 5.49. The molecule has 1 aliphatic heterocycles. The van der Waals surface area contributed by atoms with E-state index in [4.69, 9.17) is 4.74 Å². The van der Waals surface area contributed by atoms with Crippen LogP contribution in [0.5, 0.6) is 0 Å². The molecule has 1 saturated heterocycles. The lowest BCUT2D eigenvalue weighted by Gasteiger charge is -2.31. The van der Waals surface area contributed by atoms with E-state index in [-0.39, 0.29) is 0 Å². The average molecular weight is 253 g/mol. The molecule has 0 radical (unpaired) electrons. The predicted octanol–water partition coefficient (Wildman–Crippen LogP) is 3.09. The van der Waals surface area contributed by atoms with E-state index in [0.717, 1.165) is 25.7 Å². The molecule has 96 valence electrons. The minimum atomic E-state index is 0.637. The molecular weight excluding hydrogens is 230 g/mol. The van der Waals surface area contributed by atoms with E-state index in [1.54, 1.807) is 0 Å². The van der Waals surface area contributed by atoms with Gasteiger partial charge in [0, 0.05) is 24.1 Å². The summed E-state index contributed by atoms with van der Waals surface area (Å²) < 4.78 is 5.46. The van der Waals surface area contributed by atoms with Crippen molar-refractivity contribution in [2.24, 2.45) is 5.92 Å². The fraction of sp³-hybridized carbons (Fsp3) is 0.714. The van der Waals surface area contributed by atoms with Crippen molar-refractivity contribution in [1.29, 1.82) is 0 Å². The number of ether oxygens (including phenoxy) is 1. The van der Waals surface area contributed by atoms with Crippen molar-refractivity contribution in [2.45, 2.75) is 38.6 Å². The van der Waals surface area contributed by atoms with Crippen molar-refractivity contribution in [1.82, 2.24) is 5.32 Å². The zero-order valence-corrected chi connectivity index (χ0v) is 11.5. The molecule has 1 unspecified atom stereocenters. The lowest BCUT2D eigenvalue weighted by atomic mass is 9.89. The van der Waals surface area contributed by atoms with Gasteiger partial charge in [0.15, 0.2) is 0 Å². The van der Waals surface area contributed by atoms with Gasteiger partial charge in [0.25, 0.3) is 0 Å². The first-order valence-electron chi connectivity index (χ1n) is 6.73. The molecule has 1 aromatic heterocycles. The monoisotopic (exact) mass is 253 g/mol. The third-order valence-corrected chi connectivity index (χ3v) is 4.39. The Balaban J connectivity index is 1.91. The summed E-state index contributed by atoms with van der Waals surface area (Å²) in [5.41, 5.74) is 0. The lowest BCUT2D eigenvalue weighted by molar-refractivity contribution is 0.0539. The van der Waals surface area contributed by atoms with Gasteiger partial charge in [-0.15, -0.1) is 11.3 Å². The van der Waals surface area contributed by atoms with Crippen LogP contribution in [0.15, 0.2) is 17.5 Å². The number of hydrogen-bond acceptors (Lipinski definition) is 3. The Morgan fingerprint density at radius 2 is 2.29 bits per heavy atom. The fourth-order valence-electron chi connectivity index (χ4n) is 2.50. The van der Waals surface area contributed by atoms with Gasteiger partial charge in [0.2, 0.25) is 0 Å². The van der Waals surface area contributed by atoms with E-state index < -0.39 is 0 Å². The van der Waals surface area contributed by atoms with Crippen LogP contribution < -0.4 is 5.32 Å². The molecule has 3 heteroatoms. The van der Waals surface area contributed by atoms with Gasteiger partial charge in [-0.1, -0.05) is 13.0 Å². The first kappa shape index (κ1) is 13.1. The highest BCUT2D eigenvalue weighted by Gasteiger charge is 2.23. The van der Waals surface area contributed by atoms with Crippen LogP contribution in [0.1, 0.15) is 31.1 Å². The summed E-state index contributed by atoms with van der Waals surface area (Å²) >= 11 is 1.88. The molecule has 1 aliphatic rings. The van der Waals surface area contributed by atoms with Gasteiger partial charge in [0.05, 0.1) is 0 Å². The van der Waals surface area contributed by atoms with E-state index in [0.29, 0.717) is 6.04 Å². The van der Waals surface area contributed by atoms with Crippen molar-refractivity contribution < 1.29 is 4.74 Å². The quantitative estimate of drug-likeness (QED) is 0.841. The summed E-state index contributed by atoms with van der Waals surface area (Å²) in [6.45, 7) is 5.26. The van der Waals surface area contributed by atoms with Gasteiger partial charge in [-0.3, -0.25) is 0 Å². The van der Waals surface area contributed by atoms with Crippen molar-refractivity contribution in [2.75, 3.05) is 19.8 Å². The summed E-state index contributed by atoms with van der Waals surface area (Å²) in [6.07, 6.45) is 4.83. The molecule has 0 bridgehead atoms. The van der Waals surface area contributed by atoms with E-state index in [2.05, 4.69) is 29.8 Å². The highest BCUT2D eigenvalue weighted by molar-refractivity contribution is 7.09. The Bertz CT molecular complexity index is 293. The van der Waals surface area contributed by atoms with Gasteiger partial charge in [0.1, 0.15) is 0 Å². The Morgan fingerprint density at radius 3 is 2.94 bits per heavy atom. The topological polar surface area (TPSA) is 21.3 Å². The first-order chi connectivity index (χ1) is 8.40. The Labute approximate surface area is 108 Å². The van der Waals surface area contributed by atoms with Crippen molar-refractivity contribution >= 4 is 11.3 Å². The Morgan fingerprint density at radius 1 is 1.47 bits per heavy atom. The third kappa shape index (κ3) is 4.09. The zero-order chi connectivity index (χ0) is 11.9. The molecule has 1 atom stereocenters. The lowest BCUT2D eigenvalue weighted by Crippen LogP contribution is -2.40. The summed E-state index contributed by atoms with van der Waals surface area (Å²) in [5, 5.41) is 5.91. The number of nitrogens with one attached hydrogen (secondary N) is 1.